The molecule has 0 aromatic heterocycles. The number of nitrogen functional groups attached to an aromatic ring is 1. The number of ether oxygens (including phenoxy) is 1. The van der Waals surface area contributed by atoms with Crippen LogP contribution in [0, 0.1) is 5.41 Å². The normalized spacial score (nSPS) is 20.3. The zero-order chi connectivity index (χ0) is 22.9. The molecule has 1 atom stereocenters. The first-order chi connectivity index (χ1) is 15.2. The highest BCUT2D eigenvalue weighted by Gasteiger charge is 2.35. The number of hydrogen-bond acceptors (Lipinski definition) is 6. The number of amides is 1. The SMILES string of the molecule is N=C(N)c1ccc(N2CC(CN3CCN(S(=O)(=O)c4cccc(Cl)c4)CC3)OC2=O)cc1. The van der Waals surface area contributed by atoms with Gasteiger partial charge in [-0.25, -0.2) is 13.2 Å². The van der Waals surface area contributed by atoms with E-state index < -0.39 is 16.1 Å². The number of carbonyl (C=O) groups is 1. The average molecular weight is 478 g/mol. The zero-order valence-corrected chi connectivity index (χ0v) is 18.8. The van der Waals surface area contributed by atoms with Crippen LogP contribution in [0.2, 0.25) is 5.02 Å². The minimum atomic E-state index is -3.59. The third-order valence-corrected chi connectivity index (χ3v) is 7.72. The van der Waals surface area contributed by atoms with Crippen molar-refractivity contribution in [3.05, 3.63) is 59.1 Å². The first-order valence-corrected chi connectivity index (χ1v) is 12.0. The van der Waals surface area contributed by atoms with Crippen LogP contribution in [0.3, 0.4) is 0 Å². The van der Waals surface area contributed by atoms with Gasteiger partial charge in [-0.3, -0.25) is 15.2 Å². The van der Waals surface area contributed by atoms with Crippen molar-refractivity contribution in [1.82, 2.24) is 9.21 Å². The molecule has 0 spiro atoms. The van der Waals surface area contributed by atoms with Crippen LogP contribution in [0.1, 0.15) is 5.56 Å². The summed E-state index contributed by atoms with van der Waals surface area (Å²) in [4.78, 5) is 16.2. The van der Waals surface area contributed by atoms with Crippen molar-refractivity contribution in [2.75, 3.05) is 44.2 Å². The molecule has 0 radical (unpaired) electrons. The molecule has 9 nitrogen and oxygen atoms in total. The van der Waals surface area contributed by atoms with E-state index in [2.05, 4.69) is 4.90 Å². The Morgan fingerprint density at radius 1 is 1.12 bits per heavy atom. The van der Waals surface area contributed by atoms with Crippen LogP contribution in [0.5, 0.6) is 0 Å². The first kappa shape index (κ1) is 22.5. The van der Waals surface area contributed by atoms with Gasteiger partial charge in [0.15, 0.2) is 0 Å². The Balaban J connectivity index is 1.33. The van der Waals surface area contributed by atoms with Crippen LogP contribution in [0.25, 0.3) is 0 Å². The molecule has 2 aromatic rings. The van der Waals surface area contributed by atoms with Crippen LogP contribution in [-0.2, 0) is 14.8 Å². The van der Waals surface area contributed by atoms with Gasteiger partial charge in [-0.1, -0.05) is 17.7 Å². The van der Waals surface area contributed by atoms with Crippen LogP contribution in [-0.4, -0.2) is 74.9 Å². The van der Waals surface area contributed by atoms with Gasteiger partial charge in [0.05, 0.1) is 11.4 Å². The molecule has 0 bridgehead atoms. The van der Waals surface area contributed by atoms with Crippen LogP contribution >= 0.6 is 11.6 Å². The highest BCUT2D eigenvalue weighted by Crippen LogP contribution is 2.24. The fourth-order valence-corrected chi connectivity index (χ4v) is 5.59. The molecule has 11 heteroatoms. The summed E-state index contributed by atoms with van der Waals surface area (Å²) in [5.41, 5.74) is 6.74. The quantitative estimate of drug-likeness (QED) is 0.484. The van der Waals surface area contributed by atoms with Crippen molar-refractivity contribution < 1.29 is 17.9 Å². The summed E-state index contributed by atoms with van der Waals surface area (Å²) in [5.74, 6) is -0.0325. The Morgan fingerprint density at radius 3 is 2.44 bits per heavy atom. The molecule has 0 saturated carbocycles. The minimum Gasteiger partial charge on any atom is -0.443 e. The van der Waals surface area contributed by atoms with Gasteiger partial charge < -0.3 is 10.5 Å². The molecule has 2 saturated heterocycles. The Hall–Kier alpha value is -2.66. The van der Waals surface area contributed by atoms with Crippen molar-refractivity contribution in [1.29, 1.82) is 5.41 Å². The third-order valence-electron chi connectivity index (χ3n) is 5.59. The molecule has 1 amide bonds. The van der Waals surface area contributed by atoms with E-state index in [9.17, 15) is 13.2 Å². The number of nitrogens with zero attached hydrogens (tertiary/aromatic N) is 3. The number of rotatable bonds is 6. The van der Waals surface area contributed by atoms with E-state index in [1.54, 1.807) is 47.4 Å². The number of carbonyl (C=O) groups excluding carboxylic acids is 1. The van der Waals surface area contributed by atoms with Gasteiger partial charge >= 0.3 is 6.09 Å². The number of anilines is 1. The Morgan fingerprint density at radius 2 is 1.81 bits per heavy atom. The van der Waals surface area contributed by atoms with E-state index in [1.165, 1.54) is 10.4 Å². The molecular formula is C21H24ClN5O4S. The van der Waals surface area contributed by atoms with Gasteiger partial charge in [0.25, 0.3) is 0 Å². The largest absolute Gasteiger partial charge is 0.443 e. The molecule has 32 heavy (non-hydrogen) atoms. The standard InChI is InChI=1S/C21H24ClN5O4S/c22-16-2-1-3-19(12-16)32(29,30)26-10-8-25(9-11-26)13-18-14-27(21(28)31-18)17-6-4-15(5-7-17)20(23)24/h1-7,12,18H,8-11,13-14H2,(H3,23,24). The van der Waals surface area contributed by atoms with E-state index in [-0.39, 0.29) is 16.8 Å². The molecule has 3 N–H and O–H groups in total. The number of amidine groups is 1. The van der Waals surface area contributed by atoms with Gasteiger partial charge in [0.1, 0.15) is 11.9 Å². The van der Waals surface area contributed by atoms with Crippen LogP contribution in [0.4, 0.5) is 10.5 Å². The Kier molecular flexibility index (Phi) is 6.38. The molecule has 2 aromatic carbocycles. The van der Waals surface area contributed by atoms with Gasteiger partial charge in [-0.15, -0.1) is 0 Å². The van der Waals surface area contributed by atoms with Gasteiger partial charge in [0.2, 0.25) is 10.0 Å². The lowest BCUT2D eigenvalue weighted by Crippen LogP contribution is -2.50. The van der Waals surface area contributed by atoms with Gasteiger partial charge in [-0.05, 0) is 42.5 Å². The van der Waals surface area contributed by atoms with Crippen LogP contribution in [0.15, 0.2) is 53.4 Å². The lowest BCUT2D eigenvalue weighted by Gasteiger charge is -2.34. The summed E-state index contributed by atoms with van der Waals surface area (Å²) in [6.45, 7) is 2.72. The number of nitrogens with two attached hydrogens (primary N) is 1. The van der Waals surface area contributed by atoms with Crippen molar-refractivity contribution in [3.63, 3.8) is 0 Å². The minimum absolute atomic E-state index is 0.0325. The summed E-state index contributed by atoms with van der Waals surface area (Å²) in [6, 6.07) is 13.1. The molecule has 2 heterocycles. The summed E-state index contributed by atoms with van der Waals surface area (Å²) >= 11 is 5.95. The maximum atomic E-state index is 12.9. The summed E-state index contributed by atoms with van der Waals surface area (Å²) in [7, 11) is -3.59. The maximum Gasteiger partial charge on any atom is 0.414 e. The van der Waals surface area contributed by atoms with Crippen molar-refractivity contribution in [2.24, 2.45) is 5.73 Å². The van der Waals surface area contributed by atoms with Crippen molar-refractivity contribution >= 4 is 39.2 Å². The molecule has 2 aliphatic heterocycles. The van der Waals surface area contributed by atoms with E-state index in [1.807, 2.05) is 0 Å². The average Bonchev–Trinajstić information content (AvgIpc) is 3.14. The van der Waals surface area contributed by atoms with Crippen molar-refractivity contribution in [2.45, 2.75) is 11.0 Å². The van der Waals surface area contributed by atoms with E-state index in [0.717, 1.165) is 0 Å². The van der Waals surface area contributed by atoms with Crippen LogP contribution < -0.4 is 10.6 Å². The second kappa shape index (κ2) is 9.07. The maximum absolute atomic E-state index is 12.9. The fourth-order valence-electron chi connectivity index (χ4n) is 3.87. The number of benzene rings is 2. The fraction of sp³-hybridized carbons (Fsp3) is 0.333. The third kappa shape index (κ3) is 4.73. The summed E-state index contributed by atoms with van der Waals surface area (Å²) < 4.78 is 32.7. The molecule has 1 unspecified atom stereocenters. The number of sulfonamides is 1. The Bertz CT molecular complexity index is 1120. The van der Waals surface area contributed by atoms with E-state index in [0.29, 0.717) is 55.5 Å². The highest BCUT2D eigenvalue weighted by molar-refractivity contribution is 7.89. The number of piperazine rings is 1. The topological polar surface area (TPSA) is 120 Å². The number of halogens is 1. The second-order valence-corrected chi connectivity index (χ2v) is 10.1. The van der Waals surface area contributed by atoms with E-state index in [4.69, 9.17) is 27.5 Å². The van der Waals surface area contributed by atoms with Crippen molar-refractivity contribution in [3.8, 4) is 0 Å². The lowest BCUT2D eigenvalue weighted by atomic mass is 10.2. The number of cyclic esters (lactones) is 1. The molecule has 0 aliphatic carbocycles. The smallest absolute Gasteiger partial charge is 0.414 e. The highest BCUT2D eigenvalue weighted by atomic mass is 35.5. The molecule has 2 aliphatic rings. The van der Waals surface area contributed by atoms with Gasteiger partial charge in [0, 0.05) is 49.0 Å². The van der Waals surface area contributed by atoms with E-state index >= 15 is 0 Å². The first-order valence-electron chi connectivity index (χ1n) is 10.1. The molecule has 2 fully saturated rings. The molecule has 170 valence electrons. The predicted molar refractivity (Wildman–Crippen MR) is 122 cm³/mol. The van der Waals surface area contributed by atoms with Gasteiger partial charge in [-0.2, -0.15) is 4.31 Å². The number of hydrogen-bond donors (Lipinski definition) is 2. The zero-order valence-electron chi connectivity index (χ0n) is 17.3. The monoisotopic (exact) mass is 477 g/mol. The second-order valence-electron chi connectivity index (χ2n) is 7.74. The summed E-state index contributed by atoms with van der Waals surface area (Å²) in [6.07, 6.45) is -0.737. The number of nitrogens with one attached hydrogen (secondary N) is 1. The predicted octanol–water partition coefficient (Wildman–Crippen LogP) is 1.96. The molecular weight excluding hydrogens is 454 g/mol. The lowest BCUT2D eigenvalue weighted by molar-refractivity contribution is 0.0937. The Labute approximate surface area is 191 Å². The molecule has 4 rings (SSSR count). The summed E-state index contributed by atoms with van der Waals surface area (Å²) in [5, 5.41) is 7.84.